The predicted octanol–water partition coefficient (Wildman–Crippen LogP) is 4.67. The third-order valence-corrected chi connectivity index (χ3v) is 5.73. The van der Waals surface area contributed by atoms with E-state index in [0.717, 1.165) is 11.1 Å². The zero-order valence-electron chi connectivity index (χ0n) is 17.6. The molecule has 1 aliphatic rings. The van der Waals surface area contributed by atoms with Crippen LogP contribution >= 0.6 is 11.6 Å². The summed E-state index contributed by atoms with van der Waals surface area (Å²) < 4.78 is 5.24. The number of Topliss-reactive ketones (excluding diaryl/α,β-unsaturated/α-hetero) is 1. The SMILES string of the molecule is COc1ccc(Cl)c(/C(O)=C2\C(=O)C(=O)N(Cc3cccnc3)C2c2cccc(C)c2)c1. The highest BCUT2D eigenvalue weighted by Gasteiger charge is 2.46. The minimum Gasteiger partial charge on any atom is -0.507 e. The summed E-state index contributed by atoms with van der Waals surface area (Å²) in [5, 5.41) is 11.5. The summed E-state index contributed by atoms with van der Waals surface area (Å²) in [6, 6.07) is 15.1. The van der Waals surface area contributed by atoms with Crippen molar-refractivity contribution in [1.82, 2.24) is 9.88 Å². The molecule has 1 aromatic heterocycles. The fourth-order valence-electron chi connectivity index (χ4n) is 3.88. The maximum absolute atomic E-state index is 13.2. The second kappa shape index (κ2) is 8.85. The van der Waals surface area contributed by atoms with E-state index in [9.17, 15) is 14.7 Å². The molecule has 0 aliphatic carbocycles. The standard InChI is InChI=1S/C25H21ClN2O4/c1-15-5-3-7-17(11-15)22-21(23(29)19-12-18(32-2)8-9-20(19)26)24(30)25(31)28(22)14-16-6-4-10-27-13-16/h3-13,22,29H,14H2,1-2H3/b23-21+. The van der Waals surface area contributed by atoms with Gasteiger partial charge in [0.1, 0.15) is 11.5 Å². The van der Waals surface area contributed by atoms with Crippen LogP contribution in [0.2, 0.25) is 5.02 Å². The molecule has 0 saturated carbocycles. The minimum atomic E-state index is -0.780. The summed E-state index contributed by atoms with van der Waals surface area (Å²) in [6.07, 6.45) is 3.28. The van der Waals surface area contributed by atoms with Gasteiger partial charge in [0.05, 0.1) is 23.7 Å². The molecule has 1 N–H and O–H groups in total. The molecule has 162 valence electrons. The molecule has 1 unspecified atom stereocenters. The predicted molar refractivity (Wildman–Crippen MR) is 121 cm³/mol. The summed E-state index contributed by atoms with van der Waals surface area (Å²) in [5.41, 5.74) is 2.66. The second-order valence-electron chi connectivity index (χ2n) is 7.55. The molecular weight excluding hydrogens is 428 g/mol. The maximum atomic E-state index is 13.2. The van der Waals surface area contributed by atoms with Gasteiger partial charge in [0, 0.05) is 24.5 Å². The Labute approximate surface area is 190 Å². The van der Waals surface area contributed by atoms with Gasteiger partial charge in [-0.25, -0.2) is 0 Å². The zero-order chi connectivity index (χ0) is 22.8. The summed E-state index contributed by atoms with van der Waals surface area (Å²) in [5.74, 6) is -1.34. The van der Waals surface area contributed by atoms with Crippen LogP contribution in [0.25, 0.3) is 5.76 Å². The van der Waals surface area contributed by atoms with E-state index in [1.165, 1.54) is 12.0 Å². The van der Waals surface area contributed by atoms with Crippen molar-refractivity contribution >= 4 is 29.1 Å². The smallest absolute Gasteiger partial charge is 0.295 e. The Morgan fingerprint density at radius 3 is 2.66 bits per heavy atom. The van der Waals surface area contributed by atoms with Crippen molar-refractivity contribution in [2.75, 3.05) is 7.11 Å². The number of aliphatic hydroxyl groups is 1. The summed E-state index contributed by atoms with van der Waals surface area (Å²) >= 11 is 6.33. The number of aliphatic hydroxyl groups excluding tert-OH is 1. The van der Waals surface area contributed by atoms with Crippen molar-refractivity contribution in [2.24, 2.45) is 0 Å². The van der Waals surface area contributed by atoms with Gasteiger partial charge >= 0.3 is 0 Å². The van der Waals surface area contributed by atoms with Crippen LogP contribution in [0.15, 0.2) is 72.6 Å². The lowest BCUT2D eigenvalue weighted by Gasteiger charge is -2.25. The Morgan fingerprint density at radius 1 is 1.16 bits per heavy atom. The number of hydrogen-bond acceptors (Lipinski definition) is 5. The molecule has 1 fully saturated rings. The molecule has 0 bridgehead atoms. The van der Waals surface area contributed by atoms with Crippen LogP contribution in [0.3, 0.4) is 0 Å². The topological polar surface area (TPSA) is 79.7 Å². The van der Waals surface area contributed by atoms with Crippen molar-refractivity contribution in [3.8, 4) is 5.75 Å². The maximum Gasteiger partial charge on any atom is 0.295 e. The van der Waals surface area contributed by atoms with E-state index >= 15 is 0 Å². The number of pyridine rings is 1. The second-order valence-corrected chi connectivity index (χ2v) is 7.96. The fraction of sp³-hybridized carbons (Fsp3) is 0.160. The molecule has 7 heteroatoms. The molecule has 4 rings (SSSR count). The fourth-order valence-corrected chi connectivity index (χ4v) is 4.08. The van der Waals surface area contributed by atoms with E-state index in [1.807, 2.05) is 37.3 Å². The van der Waals surface area contributed by atoms with Gasteiger partial charge in [-0.2, -0.15) is 0 Å². The van der Waals surface area contributed by atoms with Crippen LogP contribution < -0.4 is 4.74 Å². The number of likely N-dealkylation sites (tertiary alicyclic amines) is 1. The molecular formula is C25H21ClN2O4. The van der Waals surface area contributed by atoms with Crippen molar-refractivity contribution in [2.45, 2.75) is 19.5 Å². The van der Waals surface area contributed by atoms with Gasteiger partial charge in [0.15, 0.2) is 0 Å². The number of hydrogen-bond donors (Lipinski definition) is 1. The van der Waals surface area contributed by atoms with Crippen LogP contribution in [-0.2, 0) is 16.1 Å². The average molecular weight is 449 g/mol. The van der Waals surface area contributed by atoms with E-state index < -0.39 is 17.7 Å². The van der Waals surface area contributed by atoms with Crippen molar-refractivity contribution < 1.29 is 19.4 Å². The molecule has 1 atom stereocenters. The van der Waals surface area contributed by atoms with Gasteiger partial charge in [-0.05, 0) is 42.3 Å². The monoisotopic (exact) mass is 448 g/mol. The van der Waals surface area contributed by atoms with Gasteiger partial charge in [-0.1, -0.05) is 47.5 Å². The van der Waals surface area contributed by atoms with E-state index in [2.05, 4.69) is 4.98 Å². The lowest BCUT2D eigenvalue weighted by atomic mass is 9.94. The van der Waals surface area contributed by atoms with Crippen molar-refractivity contribution in [1.29, 1.82) is 0 Å². The number of aromatic nitrogens is 1. The molecule has 0 spiro atoms. The van der Waals surface area contributed by atoms with Crippen molar-refractivity contribution in [3.05, 3.63) is 99.8 Å². The Balaban J connectivity index is 1.91. The van der Waals surface area contributed by atoms with Gasteiger partial charge in [-0.3, -0.25) is 14.6 Å². The first-order chi connectivity index (χ1) is 15.4. The number of methoxy groups -OCH3 is 1. The summed E-state index contributed by atoms with van der Waals surface area (Å²) in [6.45, 7) is 2.09. The highest BCUT2D eigenvalue weighted by molar-refractivity contribution is 6.47. The number of nitrogens with zero attached hydrogens (tertiary/aromatic N) is 2. The quantitative estimate of drug-likeness (QED) is 0.348. The highest BCUT2D eigenvalue weighted by Crippen LogP contribution is 2.41. The molecule has 3 aromatic rings. The molecule has 1 aliphatic heterocycles. The van der Waals surface area contributed by atoms with E-state index in [0.29, 0.717) is 11.3 Å². The van der Waals surface area contributed by atoms with Crippen LogP contribution in [0, 0.1) is 6.92 Å². The molecule has 32 heavy (non-hydrogen) atoms. The third kappa shape index (κ3) is 3.97. The number of ketones is 1. The number of carbonyl (C=O) groups is 2. The Hall–Kier alpha value is -3.64. The first-order valence-corrected chi connectivity index (χ1v) is 10.4. The Kier molecular flexibility index (Phi) is 5.97. The number of carbonyl (C=O) groups excluding carboxylic acids is 2. The zero-order valence-corrected chi connectivity index (χ0v) is 18.3. The molecule has 2 heterocycles. The number of aryl methyl sites for hydroxylation is 1. The minimum absolute atomic E-state index is 0.0142. The molecule has 0 radical (unpaired) electrons. The highest BCUT2D eigenvalue weighted by atomic mass is 35.5. The summed E-state index contributed by atoms with van der Waals surface area (Å²) in [4.78, 5) is 31.8. The van der Waals surface area contributed by atoms with Crippen LogP contribution in [0.5, 0.6) is 5.75 Å². The Bertz CT molecular complexity index is 1220. The largest absolute Gasteiger partial charge is 0.507 e. The molecule has 2 aromatic carbocycles. The van der Waals surface area contributed by atoms with Gasteiger partial charge in [0.25, 0.3) is 11.7 Å². The summed E-state index contributed by atoms with van der Waals surface area (Å²) in [7, 11) is 1.49. The van der Waals surface area contributed by atoms with Crippen LogP contribution in [0.1, 0.15) is 28.3 Å². The van der Waals surface area contributed by atoms with Gasteiger partial charge in [0.2, 0.25) is 0 Å². The average Bonchev–Trinajstić information content (AvgIpc) is 3.04. The van der Waals surface area contributed by atoms with Crippen LogP contribution in [0.4, 0.5) is 0 Å². The first-order valence-electron chi connectivity index (χ1n) is 9.98. The van der Waals surface area contributed by atoms with Gasteiger partial charge < -0.3 is 14.7 Å². The number of ether oxygens (including phenoxy) is 1. The van der Waals surface area contributed by atoms with Crippen molar-refractivity contribution in [3.63, 3.8) is 0 Å². The third-order valence-electron chi connectivity index (χ3n) is 5.40. The lowest BCUT2D eigenvalue weighted by Crippen LogP contribution is -2.29. The van der Waals surface area contributed by atoms with E-state index in [-0.39, 0.29) is 28.5 Å². The molecule has 1 amide bonds. The Morgan fingerprint density at radius 2 is 1.97 bits per heavy atom. The molecule has 6 nitrogen and oxygen atoms in total. The number of amides is 1. The first kappa shape index (κ1) is 21.6. The van der Waals surface area contributed by atoms with E-state index in [4.69, 9.17) is 16.3 Å². The number of benzene rings is 2. The van der Waals surface area contributed by atoms with Gasteiger partial charge in [-0.15, -0.1) is 0 Å². The number of rotatable bonds is 5. The molecule has 1 saturated heterocycles. The normalized spacial score (nSPS) is 17.6. The van der Waals surface area contributed by atoms with Crippen LogP contribution in [-0.4, -0.2) is 33.8 Å². The van der Waals surface area contributed by atoms with E-state index in [1.54, 1.807) is 36.7 Å². The lowest BCUT2D eigenvalue weighted by molar-refractivity contribution is -0.140. The number of halogens is 1.